The summed E-state index contributed by atoms with van der Waals surface area (Å²) in [6.07, 6.45) is 0.944. The molecule has 0 saturated heterocycles. The minimum Gasteiger partial charge on any atom is -0.449 e. The van der Waals surface area contributed by atoms with Crippen LogP contribution in [0.2, 0.25) is 5.02 Å². The van der Waals surface area contributed by atoms with Gasteiger partial charge in [0.1, 0.15) is 5.56 Å². The average Bonchev–Trinajstić information content (AvgIpc) is 2.91. The van der Waals surface area contributed by atoms with Gasteiger partial charge in [-0.05, 0) is 25.5 Å². The second-order valence-corrected chi connectivity index (χ2v) is 5.08. The number of hydrogen-bond acceptors (Lipinski definition) is 4. The molecule has 0 fully saturated rings. The molecular formula is C15H16ClN3O3. The van der Waals surface area contributed by atoms with Crippen LogP contribution in [0.4, 0.5) is 0 Å². The van der Waals surface area contributed by atoms with Gasteiger partial charge >= 0.3 is 5.97 Å². The van der Waals surface area contributed by atoms with E-state index in [0.29, 0.717) is 22.8 Å². The molecule has 2 aromatic rings. The number of para-hydroxylation sites is 1. The molecule has 116 valence electrons. The molecule has 1 amide bonds. The summed E-state index contributed by atoms with van der Waals surface area (Å²) in [7, 11) is 0. The summed E-state index contributed by atoms with van der Waals surface area (Å²) in [6.45, 7) is 3.31. The van der Waals surface area contributed by atoms with Gasteiger partial charge in [0.25, 0.3) is 5.91 Å². The van der Waals surface area contributed by atoms with E-state index in [2.05, 4.69) is 5.10 Å². The van der Waals surface area contributed by atoms with Crippen LogP contribution in [-0.2, 0) is 16.0 Å². The number of nitrogens with two attached hydrogens (primary N) is 1. The molecule has 0 aliphatic heterocycles. The van der Waals surface area contributed by atoms with Crippen LogP contribution in [0, 0.1) is 0 Å². The van der Waals surface area contributed by atoms with Gasteiger partial charge in [0.05, 0.1) is 22.6 Å². The fourth-order valence-electron chi connectivity index (χ4n) is 2.00. The second kappa shape index (κ2) is 6.62. The maximum atomic E-state index is 12.2. The van der Waals surface area contributed by atoms with Crippen molar-refractivity contribution in [1.82, 2.24) is 9.78 Å². The van der Waals surface area contributed by atoms with E-state index < -0.39 is 18.0 Å². The van der Waals surface area contributed by atoms with Crippen LogP contribution < -0.4 is 5.73 Å². The lowest BCUT2D eigenvalue weighted by molar-refractivity contribution is -0.125. The van der Waals surface area contributed by atoms with E-state index in [1.54, 1.807) is 16.8 Å². The highest BCUT2D eigenvalue weighted by Gasteiger charge is 2.22. The number of amides is 1. The Morgan fingerprint density at radius 1 is 1.41 bits per heavy atom. The van der Waals surface area contributed by atoms with Gasteiger partial charge in [0.2, 0.25) is 0 Å². The lowest BCUT2D eigenvalue weighted by atomic mass is 10.2. The van der Waals surface area contributed by atoms with E-state index in [1.165, 1.54) is 13.1 Å². The second-order valence-electron chi connectivity index (χ2n) is 4.67. The van der Waals surface area contributed by atoms with Gasteiger partial charge < -0.3 is 10.5 Å². The summed E-state index contributed by atoms with van der Waals surface area (Å²) in [5.74, 6) is -1.34. The first kappa shape index (κ1) is 16.0. The van der Waals surface area contributed by atoms with Crippen LogP contribution in [0.3, 0.4) is 0 Å². The number of esters is 1. The predicted molar refractivity (Wildman–Crippen MR) is 82.0 cm³/mol. The third-order valence-corrected chi connectivity index (χ3v) is 3.51. The summed E-state index contributed by atoms with van der Waals surface area (Å²) in [4.78, 5) is 23.2. The lowest BCUT2D eigenvalue weighted by Gasteiger charge is -2.11. The van der Waals surface area contributed by atoms with Crippen molar-refractivity contribution in [2.24, 2.45) is 5.73 Å². The Labute approximate surface area is 132 Å². The van der Waals surface area contributed by atoms with Crippen LogP contribution in [0.5, 0.6) is 0 Å². The Balaban J connectivity index is 2.38. The molecule has 0 radical (unpaired) electrons. The van der Waals surface area contributed by atoms with Crippen molar-refractivity contribution >= 4 is 23.5 Å². The summed E-state index contributed by atoms with van der Waals surface area (Å²) in [5, 5.41) is 4.73. The van der Waals surface area contributed by atoms with E-state index in [4.69, 9.17) is 22.1 Å². The molecule has 6 nitrogen and oxygen atoms in total. The largest absolute Gasteiger partial charge is 0.449 e. The van der Waals surface area contributed by atoms with Crippen LogP contribution in [0.15, 0.2) is 30.5 Å². The Kier molecular flexibility index (Phi) is 4.82. The summed E-state index contributed by atoms with van der Waals surface area (Å²) in [6, 6.07) is 7.18. The topological polar surface area (TPSA) is 87.2 Å². The lowest BCUT2D eigenvalue weighted by Crippen LogP contribution is -2.30. The van der Waals surface area contributed by atoms with E-state index >= 15 is 0 Å². The van der Waals surface area contributed by atoms with Crippen LogP contribution in [0.25, 0.3) is 5.69 Å². The average molecular weight is 322 g/mol. The third-order valence-electron chi connectivity index (χ3n) is 3.19. The summed E-state index contributed by atoms with van der Waals surface area (Å²) >= 11 is 6.16. The molecule has 22 heavy (non-hydrogen) atoms. The number of rotatable bonds is 5. The molecule has 0 spiro atoms. The fraction of sp³-hybridized carbons (Fsp3) is 0.267. The summed E-state index contributed by atoms with van der Waals surface area (Å²) < 4.78 is 6.61. The van der Waals surface area contributed by atoms with Crippen molar-refractivity contribution < 1.29 is 14.3 Å². The highest BCUT2D eigenvalue weighted by atomic mass is 35.5. The first-order valence-corrected chi connectivity index (χ1v) is 7.15. The molecule has 0 bridgehead atoms. The van der Waals surface area contributed by atoms with Gasteiger partial charge in [0, 0.05) is 0 Å². The number of halogens is 1. The van der Waals surface area contributed by atoms with Crippen LogP contribution in [0.1, 0.15) is 29.9 Å². The molecule has 7 heteroatoms. The predicted octanol–water partition coefficient (Wildman–Crippen LogP) is 2.12. The van der Waals surface area contributed by atoms with Crippen molar-refractivity contribution in [2.45, 2.75) is 26.4 Å². The van der Waals surface area contributed by atoms with Crippen molar-refractivity contribution in [3.63, 3.8) is 0 Å². The third kappa shape index (κ3) is 3.12. The molecule has 2 rings (SSSR count). The molecule has 1 aromatic carbocycles. The number of carbonyl (C=O) groups is 2. The van der Waals surface area contributed by atoms with Crippen LogP contribution >= 0.6 is 11.6 Å². The van der Waals surface area contributed by atoms with E-state index in [0.717, 1.165) is 0 Å². The zero-order chi connectivity index (χ0) is 16.3. The number of carbonyl (C=O) groups excluding carboxylic acids is 2. The van der Waals surface area contributed by atoms with Gasteiger partial charge in [-0.1, -0.05) is 30.7 Å². The maximum absolute atomic E-state index is 12.2. The number of primary amides is 1. The Morgan fingerprint density at radius 3 is 2.68 bits per heavy atom. The Morgan fingerprint density at radius 2 is 2.09 bits per heavy atom. The van der Waals surface area contributed by atoms with Gasteiger partial charge in [0.15, 0.2) is 6.10 Å². The fourth-order valence-corrected chi connectivity index (χ4v) is 2.21. The van der Waals surface area contributed by atoms with Crippen molar-refractivity contribution in [2.75, 3.05) is 0 Å². The molecular weight excluding hydrogens is 306 g/mol. The molecule has 0 aliphatic rings. The zero-order valence-corrected chi connectivity index (χ0v) is 13.0. The number of benzene rings is 1. The molecule has 1 heterocycles. The van der Waals surface area contributed by atoms with E-state index in [9.17, 15) is 9.59 Å². The van der Waals surface area contributed by atoms with Gasteiger partial charge in [-0.25, -0.2) is 9.48 Å². The first-order valence-electron chi connectivity index (χ1n) is 6.77. The smallest absolute Gasteiger partial charge is 0.342 e. The van der Waals surface area contributed by atoms with Gasteiger partial charge in [-0.3, -0.25) is 4.79 Å². The van der Waals surface area contributed by atoms with Crippen molar-refractivity contribution in [3.05, 3.63) is 46.7 Å². The number of hydrogen-bond donors (Lipinski definition) is 1. The SMILES string of the molecule is CCc1c(C(=O)O[C@H](C)C(N)=O)cnn1-c1ccccc1Cl. The highest BCUT2D eigenvalue weighted by Crippen LogP contribution is 2.23. The van der Waals surface area contributed by atoms with Crippen LogP contribution in [-0.4, -0.2) is 27.8 Å². The van der Waals surface area contributed by atoms with Crippen molar-refractivity contribution in [1.29, 1.82) is 0 Å². The number of ether oxygens (including phenoxy) is 1. The number of nitrogens with zero attached hydrogens (tertiary/aromatic N) is 2. The minimum absolute atomic E-state index is 0.288. The maximum Gasteiger partial charge on any atom is 0.342 e. The number of aromatic nitrogens is 2. The zero-order valence-electron chi connectivity index (χ0n) is 12.2. The van der Waals surface area contributed by atoms with Gasteiger partial charge in [-0.2, -0.15) is 5.10 Å². The first-order chi connectivity index (χ1) is 10.5. The molecule has 1 aromatic heterocycles. The van der Waals surface area contributed by atoms with E-state index in [-0.39, 0.29) is 5.56 Å². The minimum atomic E-state index is -0.999. The van der Waals surface area contributed by atoms with Crippen molar-refractivity contribution in [3.8, 4) is 5.69 Å². The quantitative estimate of drug-likeness (QED) is 0.854. The standard InChI is InChI=1S/C15H16ClN3O3/c1-3-12-10(15(21)22-9(2)14(17)20)8-18-19(12)13-7-5-4-6-11(13)16/h4-9H,3H2,1-2H3,(H2,17,20)/t9-/m1/s1. The molecule has 2 N–H and O–H groups in total. The van der Waals surface area contributed by atoms with E-state index in [1.807, 2.05) is 19.1 Å². The van der Waals surface area contributed by atoms with Gasteiger partial charge in [-0.15, -0.1) is 0 Å². The summed E-state index contributed by atoms with van der Waals surface area (Å²) in [5.41, 5.74) is 6.70. The molecule has 0 aliphatic carbocycles. The Hall–Kier alpha value is -2.34. The Bertz CT molecular complexity index is 712. The monoisotopic (exact) mass is 321 g/mol. The molecule has 0 saturated carbocycles. The molecule has 1 atom stereocenters. The highest BCUT2D eigenvalue weighted by molar-refractivity contribution is 6.32. The normalized spacial score (nSPS) is 12.0. The molecule has 0 unspecified atom stereocenters.